The molecule has 3 aliphatic carbocycles. The van der Waals surface area contributed by atoms with E-state index in [1.54, 1.807) is 19.3 Å². The van der Waals surface area contributed by atoms with Crippen LogP contribution in [0.15, 0.2) is 0 Å². The lowest BCUT2D eigenvalue weighted by molar-refractivity contribution is 0.0717. The Kier molecular flexibility index (Phi) is 2.35. The summed E-state index contributed by atoms with van der Waals surface area (Å²) < 4.78 is 0. The third kappa shape index (κ3) is 1.73. The average molecular weight is 207 g/mol. The SMILES string of the molecule is CC(C)NCC1(C2CCC2)CC2CC2C1. The van der Waals surface area contributed by atoms with Crippen molar-refractivity contribution in [2.75, 3.05) is 6.54 Å². The molecule has 0 aromatic heterocycles. The molecule has 1 N–H and O–H groups in total. The van der Waals surface area contributed by atoms with E-state index in [1.165, 1.54) is 25.8 Å². The fourth-order valence-electron chi connectivity index (χ4n) is 3.99. The van der Waals surface area contributed by atoms with Gasteiger partial charge < -0.3 is 5.32 Å². The molecular formula is C14H25N. The van der Waals surface area contributed by atoms with Crippen molar-refractivity contribution in [2.24, 2.45) is 23.2 Å². The summed E-state index contributed by atoms with van der Waals surface area (Å²) in [5, 5.41) is 3.72. The molecule has 2 atom stereocenters. The van der Waals surface area contributed by atoms with Gasteiger partial charge in [-0.2, -0.15) is 0 Å². The van der Waals surface area contributed by atoms with Crippen LogP contribution in [0.2, 0.25) is 0 Å². The zero-order valence-electron chi connectivity index (χ0n) is 10.3. The monoisotopic (exact) mass is 207 g/mol. The van der Waals surface area contributed by atoms with Gasteiger partial charge in [0.1, 0.15) is 0 Å². The molecule has 0 spiro atoms. The van der Waals surface area contributed by atoms with E-state index in [2.05, 4.69) is 19.2 Å². The van der Waals surface area contributed by atoms with Crippen molar-refractivity contribution in [3.63, 3.8) is 0 Å². The number of hydrogen-bond donors (Lipinski definition) is 1. The van der Waals surface area contributed by atoms with Crippen molar-refractivity contribution < 1.29 is 0 Å². The van der Waals surface area contributed by atoms with Gasteiger partial charge in [-0.1, -0.05) is 20.3 Å². The molecule has 0 radical (unpaired) electrons. The minimum absolute atomic E-state index is 0.666. The van der Waals surface area contributed by atoms with Crippen LogP contribution in [-0.4, -0.2) is 12.6 Å². The number of rotatable bonds is 4. The maximum absolute atomic E-state index is 3.72. The van der Waals surface area contributed by atoms with E-state index in [0.717, 1.165) is 23.2 Å². The molecule has 0 heterocycles. The van der Waals surface area contributed by atoms with Gasteiger partial charge >= 0.3 is 0 Å². The van der Waals surface area contributed by atoms with Crippen LogP contribution in [0.25, 0.3) is 0 Å². The smallest absolute Gasteiger partial charge is 0.00130 e. The molecule has 3 rings (SSSR count). The van der Waals surface area contributed by atoms with E-state index in [1.807, 2.05) is 0 Å². The molecule has 0 amide bonds. The van der Waals surface area contributed by atoms with Crippen molar-refractivity contribution in [3.8, 4) is 0 Å². The first kappa shape index (κ1) is 10.1. The minimum Gasteiger partial charge on any atom is -0.314 e. The zero-order valence-corrected chi connectivity index (χ0v) is 10.3. The summed E-state index contributed by atoms with van der Waals surface area (Å²) in [4.78, 5) is 0. The first-order valence-electron chi connectivity index (χ1n) is 6.93. The van der Waals surface area contributed by atoms with Crippen molar-refractivity contribution in [1.82, 2.24) is 5.32 Å². The van der Waals surface area contributed by atoms with Gasteiger partial charge in [-0.3, -0.25) is 0 Å². The van der Waals surface area contributed by atoms with E-state index in [4.69, 9.17) is 0 Å². The van der Waals surface area contributed by atoms with Gasteiger partial charge in [0.25, 0.3) is 0 Å². The molecule has 15 heavy (non-hydrogen) atoms. The van der Waals surface area contributed by atoms with Gasteiger partial charge in [-0.05, 0) is 55.3 Å². The topological polar surface area (TPSA) is 12.0 Å². The molecule has 3 fully saturated rings. The lowest BCUT2D eigenvalue weighted by atomic mass is 9.63. The molecule has 3 aliphatic rings. The van der Waals surface area contributed by atoms with Crippen LogP contribution >= 0.6 is 0 Å². The lowest BCUT2D eigenvalue weighted by Gasteiger charge is -2.45. The third-order valence-corrected chi connectivity index (χ3v) is 5.24. The van der Waals surface area contributed by atoms with Gasteiger partial charge in [0.05, 0.1) is 0 Å². The fourth-order valence-corrected chi connectivity index (χ4v) is 3.99. The van der Waals surface area contributed by atoms with Crippen LogP contribution in [0, 0.1) is 23.2 Å². The van der Waals surface area contributed by atoms with E-state index in [-0.39, 0.29) is 0 Å². The van der Waals surface area contributed by atoms with Crippen molar-refractivity contribution in [1.29, 1.82) is 0 Å². The second-order valence-corrected chi connectivity index (χ2v) is 6.69. The average Bonchev–Trinajstić information content (AvgIpc) is 2.69. The molecule has 0 aromatic rings. The maximum atomic E-state index is 3.72. The van der Waals surface area contributed by atoms with Crippen molar-refractivity contribution in [3.05, 3.63) is 0 Å². The molecule has 86 valence electrons. The largest absolute Gasteiger partial charge is 0.314 e. The van der Waals surface area contributed by atoms with Crippen LogP contribution in [0.1, 0.15) is 52.4 Å². The Morgan fingerprint density at radius 2 is 1.87 bits per heavy atom. The summed E-state index contributed by atoms with van der Waals surface area (Å²) >= 11 is 0. The van der Waals surface area contributed by atoms with E-state index >= 15 is 0 Å². The van der Waals surface area contributed by atoms with Crippen LogP contribution in [0.5, 0.6) is 0 Å². The Morgan fingerprint density at radius 1 is 1.20 bits per heavy atom. The van der Waals surface area contributed by atoms with Gasteiger partial charge in [0.2, 0.25) is 0 Å². The molecule has 2 unspecified atom stereocenters. The standard InChI is InChI=1S/C14H25N/c1-10(2)15-9-14(13-4-3-5-13)7-11-6-12(11)8-14/h10-13,15H,3-9H2,1-2H3. The Hall–Kier alpha value is -0.0400. The highest BCUT2D eigenvalue weighted by atomic mass is 14.9. The fraction of sp³-hybridized carbons (Fsp3) is 1.00. The molecule has 3 saturated carbocycles. The molecule has 0 aromatic carbocycles. The van der Waals surface area contributed by atoms with Gasteiger partial charge in [-0.25, -0.2) is 0 Å². The molecule has 1 heteroatoms. The summed E-state index contributed by atoms with van der Waals surface area (Å²) in [5.41, 5.74) is 0.732. The van der Waals surface area contributed by atoms with Crippen LogP contribution in [-0.2, 0) is 0 Å². The Labute approximate surface area is 94.0 Å². The normalized spacial score (nSPS) is 44.2. The predicted octanol–water partition coefficient (Wildman–Crippen LogP) is 3.20. The second kappa shape index (κ2) is 3.48. The number of fused-ring (bicyclic) bond motifs is 1. The highest BCUT2D eigenvalue weighted by Crippen LogP contribution is 2.64. The molecular weight excluding hydrogens is 182 g/mol. The molecule has 1 nitrogen and oxygen atoms in total. The Bertz CT molecular complexity index is 232. The number of nitrogens with one attached hydrogen (secondary N) is 1. The zero-order chi connectivity index (χ0) is 10.5. The van der Waals surface area contributed by atoms with Gasteiger partial charge in [0.15, 0.2) is 0 Å². The predicted molar refractivity (Wildman–Crippen MR) is 63.7 cm³/mol. The Balaban J connectivity index is 1.65. The Morgan fingerprint density at radius 3 is 2.33 bits per heavy atom. The summed E-state index contributed by atoms with van der Waals surface area (Å²) in [6, 6.07) is 0.666. The second-order valence-electron chi connectivity index (χ2n) is 6.69. The highest BCUT2D eigenvalue weighted by Gasteiger charge is 2.56. The molecule has 0 bridgehead atoms. The lowest BCUT2D eigenvalue weighted by Crippen LogP contribution is -2.44. The van der Waals surface area contributed by atoms with Crippen LogP contribution in [0.4, 0.5) is 0 Å². The first-order valence-corrected chi connectivity index (χ1v) is 6.93. The summed E-state index contributed by atoms with van der Waals surface area (Å²) in [6.07, 6.45) is 9.24. The maximum Gasteiger partial charge on any atom is 0.00130 e. The van der Waals surface area contributed by atoms with E-state index in [0.29, 0.717) is 6.04 Å². The van der Waals surface area contributed by atoms with Crippen molar-refractivity contribution >= 4 is 0 Å². The first-order chi connectivity index (χ1) is 7.20. The summed E-state index contributed by atoms with van der Waals surface area (Å²) in [7, 11) is 0. The van der Waals surface area contributed by atoms with Crippen LogP contribution in [0.3, 0.4) is 0 Å². The molecule has 0 aliphatic heterocycles. The summed E-state index contributed by atoms with van der Waals surface area (Å²) in [5.74, 6) is 3.36. The van der Waals surface area contributed by atoms with Gasteiger partial charge in [-0.15, -0.1) is 0 Å². The van der Waals surface area contributed by atoms with Crippen molar-refractivity contribution in [2.45, 2.75) is 58.4 Å². The summed E-state index contributed by atoms with van der Waals surface area (Å²) in [6.45, 7) is 5.87. The van der Waals surface area contributed by atoms with Crippen LogP contribution < -0.4 is 5.32 Å². The molecule has 0 saturated heterocycles. The third-order valence-electron chi connectivity index (χ3n) is 5.24. The quantitative estimate of drug-likeness (QED) is 0.746. The minimum atomic E-state index is 0.666. The van der Waals surface area contributed by atoms with E-state index in [9.17, 15) is 0 Å². The highest BCUT2D eigenvalue weighted by molar-refractivity contribution is 5.07. The number of hydrogen-bond acceptors (Lipinski definition) is 1. The van der Waals surface area contributed by atoms with Gasteiger partial charge in [0, 0.05) is 12.6 Å². The van der Waals surface area contributed by atoms with E-state index < -0.39 is 0 Å².